The number of hydrogen-bond donors (Lipinski definition) is 2. The maximum Gasteiger partial charge on any atom is 0.408 e. The topological polar surface area (TPSA) is 120 Å². The molecule has 5 rings (SSSR count). The molecule has 2 N–H and O–H groups in total. The van der Waals surface area contributed by atoms with E-state index < -0.39 is 17.7 Å². The van der Waals surface area contributed by atoms with Crippen LogP contribution >= 0.6 is 0 Å². The molecule has 1 aliphatic rings. The van der Waals surface area contributed by atoms with Gasteiger partial charge >= 0.3 is 12.1 Å². The van der Waals surface area contributed by atoms with E-state index in [4.69, 9.17) is 24.2 Å². The SMILES string of the molecule is COc1cc(C(=O)OC(C)C)cc2nc(-c3cc4ccc([C@@H](C)NC(=O)OC(C)(C)C)nc4[nH]3)c(C3CC3)n12. The number of ether oxygens (including phenoxy) is 3. The van der Waals surface area contributed by atoms with Crippen LogP contribution in [0.5, 0.6) is 5.88 Å². The first-order valence-corrected chi connectivity index (χ1v) is 13.2. The van der Waals surface area contributed by atoms with Crippen molar-refractivity contribution in [3.63, 3.8) is 0 Å². The van der Waals surface area contributed by atoms with Gasteiger partial charge in [0, 0.05) is 17.4 Å². The molecule has 4 aromatic heterocycles. The third kappa shape index (κ3) is 5.55. The quantitative estimate of drug-likeness (QED) is 0.283. The molecule has 206 valence electrons. The van der Waals surface area contributed by atoms with E-state index in [0.717, 1.165) is 35.3 Å². The van der Waals surface area contributed by atoms with Gasteiger partial charge in [-0.15, -0.1) is 0 Å². The van der Waals surface area contributed by atoms with Crippen LogP contribution in [0.25, 0.3) is 28.1 Å². The number of amides is 1. The average Bonchev–Trinajstić information content (AvgIpc) is 3.47. The number of pyridine rings is 2. The Morgan fingerprint density at radius 1 is 1.10 bits per heavy atom. The molecular weight excluding hydrogens is 498 g/mol. The Morgan fingerprint density at radius 3 is 2.49 bits per heavy atom. The number of alkyl carbamates (subject to hydrolysis) is 1. The number of nitrogens with zero attached hydrogens (tertiary/aromatic N) is 3. The van der Waals surface area contributed by atoms with Crippen LogP contribution in [-0.2, 0) is 9.47 Å². The lowest BCUT2D eigenvalue weighted by atomic mass is 10.1. The number of H-pyrrole nitrogens is 1. The Balaban J connectivity index is 1.52. The van der Waals surface area contributed by atoms with Crippen molar-refractivity contribution in [1.29, 1.82) is 0 Å². The second-order valence-electron chi connectivity index (χ2n) is 11.3. The average molecular weight is 534 g/mol. The third-order valence-electron chi connectivity index (χ3n) is 6.41. The zero-order chi connectivity index (χ0) is 28.1. The summed E-state index contributed by atoms with van der Waals surface area (Å²) < 4.78 is 18.5. The van der Waals surface area contributed by atoms with Crippen LogP contribution in [0.2, 0.25) is 0 Å². The molecule has 0 bridgehead atoms. The van der Waals surface area contributed by atoms with Gasteiger partial charge in [0.25, 0.3) is 0 Å². The predicted octanol–water partition coefficient (Wildman–Crippen LogP) is 5.91. The second kappa shape index (κ2) is 9.91. The molecule has 4 heterocycles. The number of imidazole rings is 1. The number of aromatic nitrogens is 4. The number of carbonyl (C=O) groups excluding carboxylic acids is 2. The van der Waals surface area contributed by atoms with E-state index in [-0.39, 0.29) is 12.1 Å². The van der Waals surface area contributed by atoms with Gasteiger partial charge < -0.3 is 24.5 Å². The summed E-state index contributed by atoms with van der Waals surface area (Å²) in [5.41, 5.74) is 4.47. The Labute approximate surface area is 227 Å². The fourth-order valence-electron chi connectivity index (χ4n) is 4.59. The lowest BCUT2D eigenvalue weighted by Crippen LogP contribution is -2.34. The van der Waals surface area contributed by atoms with Crippen molar-refractivity contribution in [1.82, 2.24) is 24.7 Å². The minimum absolute atomic E-state index is 0.233. The zero-order valence-electron chi connectivity index (χ0n) is 23.4. The molecule has 4 aromatic rings. The minimum Gasteiger partial charge on any atom is -0.482 e. The van der Waals surface area contributed by atoms with Gasteiger partial charge in [-0.05, 0) is 78.6 Å². The lowest BCUT2D eigenvalue weighted by molar-refractivity contribution is 0.0376. The first-order valence-electron chi connectivity index (χ1n) is 13.2. The number of aromatic amines is 1. The number of methoxy groups -OCH3 is 1. The molecule has 0 aliphatic heterocycles. The molecule has 1 amide bonds. The molecule has 1 atom stereocenters. The van der Waals surface area contributed by atoms with Crippen LogP contribution in [0, 0.1) is 0 Å². The summed E-state index contributed by atoms with van der Waals surface area (Å²) in [7, 11) is 1.59. The second-order valence-corrected chi connectivity index (χ2v) is 11.3. The van der Waals surface area contributed by atoms with Gasteiger partial charge in [-0.2, -0.15) is 0 Å². The lowest BCUT2D eigenvalue weighted by Gasteiger charge is -2.21. The molecular formula is C29H35N5O5. The number of hydrogen-bond acceptors (Lipinski definition) is 7. The summed E-state index contributed by atoms with van der Waals surface area (Å²) in [5, 5.41) is 3.76. The van der Waals surface area contributed by atoms with E-state index in [1.54, 1.807) is 19.2 Å². The van der Waals surface area contributed by atoms with E-state index in [9.17, 15) is 9.59 Å². The Hall–Kier alpha value is -4.08. The Morgan fingerprint density at radius 2 is 1.85 bits per heavy atom. The third-order valence-corrected chi connectivity index (χ3v) is 6.41. The number of nitrogens with one attached hydrogen (secondary N) is 2. The molecule has 1 saturated carbocycles. The van der Waals surface area contributed by atoms with Crippen LogP contribution in [0.4, 0.5) is 4.79 Å². The van der Waals surface area contributed by atoms with Crippen molar-refractivity contribution in [2.45, 2.75) is 78.0 Å². The van der Waals surface area contributed by atoms with E-state index in [2.05, 4.69) is 10.3 Å². The molecule has 0 saturated heterocycles. The number of carbonyl (C=O) groups is 2. The highest BCUT2D eigenvalue weighted by molar-refractivity contribution is 5.91. The van der Waals surface area contributed by atoms with Crippen molar-refractivity contribution >= 4 is 28.7 Å². The van der Waals surface area contributed by atoms with Gasteiger partial charge in [-0.25, -0.2) is 19.6 Å². The highest BCUT2D eigenvalue weighted by Crippen LogP contribution is 2.46. The van der Waals surface area contributed by atoms with Crippen molar-refractivity contribution in [3.8, 4) is 17.3 Å². The summed E-state index contributed by atoms with van der Waals surface area (Å²) >= 11 is 0. The Bertz CT molecular complexity index is 1560. The molecule has 10 nitrogen and oxygen atoms in total. The summed E-state index contributed by atoms with van der Waals surface area (Å²) in [5.74, 6) is 0.451. The van der Waals surface area contributed by atoms with Crippen LogP contribution in [0.15, 0.2) is 30.3 Å². The fourth-order valence-corrected chi connectivity index (χ4v) is 4.59. The summed E-state index contributed by atoms with van der Waals surface area (Å²) in [6.07, 6.45) is 1.38. The molecule has 0 radical (unpaired) electrons. The van der Waals surface area contributed by atoms with E-state index in [1.807, 2.05) is 64.1 Å². The van der Waals surface area contributed by atoms with Gasteiger partial charge in [0.15, 0.2) is 5.88 Å². The van der Waals surface area contributed by atoms with Crippen LogP contribution in [0.1, 0.15) is 88.1 Å². The maximum absolute atomic E-state index is 12.7. The molecule has 0 spiro atoms. The first-order chi connectivity index (χ1) is 18.4. The standard InChI is InChI=1S/C29H35N5O5/c1-15(2)38-27(35)19-13-22-33-24(25(17-8-9-17)34(22)23(14-19)37-7)21-12-18-10-11-20(31-26(18)32-21)16(3)30-28(36)39-29(4,5)6/h10-17H,8-9H2,1-7H3,(H,30,36)(H,31,32)/t16-/m1/s1. The van der Waals surface area contributed by atoms with E-state index in [0.29, 0.717) is 34.3 Å². The molecule has 1 aliphatic carbocycles. The van der Waals surface area contributed by atoms with Gasteiger partial charge in [0.2, 0.25) is 0 Å². The molecule has 39 heavy (non-hydrogen) atoms. The smallest absolute Gasteiger partial charge is 0.408 e. The number of esters is 1. The van der Waals surface area contributed by atoms with Gasteiger partial charge in [0.1, 0.15) is 22.6 Å². The first kappa shape index (κ1) is 26.5. The number of rotatable bonds is 7. The normalized spacial score (nSPS) is 14.6. The molecule has 0 aromatic carbocycles. The van der Waals surface area contributed by atoms with Gasteiger partial charge in [-0.1, -0.05) is 0 Å². The molecule has 10 heteroatoms. The van der Waals surface area contributed by atoms with Gasteiger partial charge in [-0.3, -0.25) is 4.40 Å². The van der Waals surface area contributed by atoms with Crippen LogP contribution in [-0.4, -0.2) is 50.2 Å². The van der Waals surface area contributed by atoms with Crippen molar-refractivity contribution < 1.29 is 23.8 Å². The van der Waals surface area contributed by atoms with Gasteiger partial charge in [0.05, 0.1) is 41.9 Å². The summed E-state index contributed by atoms with van der Waals surface area (Å²) in [6, 6.07) is 8.98. The fraction of sp³-hybridized carbons (Fsp3) is 0.448. The summed E-state index contributed by atoms with van der Waals surface area (Å²) in [6.45, 7) is 11.0. The highest BCUT2D eigenvalue weighted by atomic mass is 16.6. The molecule has 1 fully saturated rings. The van der Waals surface area contributed by atoms with Crippen LogP contribution < -0.4 is 10.1 Å². The highest BCUT2D eigenvalue weighted by Gasteiger charge is 2.33. The largest absolute Gasteiger partial charge is 0.482 e. The Kier molecular flexibility index (Phi) is 6.74. The van der Waals surface area contributed by atoms with Crippen LogP contribution in [0.3, 0.4) is 0 Å². The summed E-state index contributed by atoms with van der Waals surface area (Å²) in [4.78, 5) is 38.0. The molecule has 0 unspecified atom stereocenters. The maximum atomic E-state index is 12.7. The monoisotopic (exact) mass is 533 g/mol. The predicted molar refractivity (Wildman–Crippen MR) is 147 cm³/mol. The van der Waals surface area contributed by atoms with E-state index >= 15 is 0 Å². The zero-order valence-corrected chi connectivity index (χ0v) is 23.4. The minimum atomic E-state index is -0.582. The van der Waals surface area contributed by atoms with E-state index in [1.165, 1.54) is 0 Å². The van der Waals surface area contributed by atoms with Crippen molar-refractivity contribution in [2.75, 3.05) is 7.11 Å². The number of fused-ring (bicyclic) bond motifs is 2. The van der Waals surface area contributed by atoms with Crippen molar-refractivity contribution in [2.24, 2.45) is 0 Å². The van der Waals surface area contributed by atoms with Crippen molar-refractivity contribution in [3.05, 3.63) is 47.3 Å².